The maximum absolute atomic E-state index is 12.8. The number of benzene rings is 4. The van der Waals surface area contributed by atoms with E-state index in [-0.39, 0.29) is 12.1 Å². The van der Waals surface area contributed by atoms with Gasteiger partial charge in [0.05, 0.1) is 30.9 Å². The Hall–Kier alpha value is -3.94. The number of nitrogens with one attached hydrogen (secondary N) is 1. The van der Waals surface area contributed by atoms with Crippen LogP contribution in [0.1, 0.15) is 49.8 Å². The van der Waals surface area contributed by atoms with Crippen LogP contribution in [0.2, 0.25) is 0 Å². The van der Waals surface area contributed by atoms with Crippen molar-refractivity contribution in [2.24, 2.45) is 0 Å². The molecule has 0 aliphatic carbocycles. The first-order valence-electron chi connectivity index (χ1n) is 13.1. The van der Waals surface area contributed by atoms with E-state index < -0.39 is 11.7 Å². The molecule has 0 amide bonds. The van der Waals surface area contributed by atoms with Crippen LogP contribution in [0, 0.1) is 0 Å². The number of alkyl halides is 3. The lowest BCUT2D eigenvalue weighted by Gasteiger charge is -2.19. The molecular formula is C33H32F3NO3. The Bertz CT molecular complexity index is 1340. The summed E-state index contributed by atoms with van der Waals surface area (Å²) in [6.07, 6.45) is -3.06. The Labute approximate surface area is 232 Å². The zero-order chi connectivity index (χ0) is 28.4. The molecule has 0 saturated carbocycles. The van der Waals surface area contributed by atoms with Crippen LogP contribution < -0.4 is 5.32 Å². The molecule has 0 unspecified atom stereocenters. The fraction of sp³-hybridized carbons (Fsp3) is 0.242. The summed E-state index contributed by atoms with van der Waals surface area (Å²) in [6.45, 7) is 1.67. The summed E-state index contributed by atoms with van der Waals surface area (Å²) < 4.78 is 49.4. The average molecular weight is 548 g/mol. The van der Waals surface area contributed by atoms with Gasteiger partial charge in [-0.1, -0.05) is 78.9 Å². The van der Waals surface area contributed by atoms with Gasteiger partial charge in [-0.05, 0) is 64.9 Å². The van der Waals surface area contributed by atoms with E-state index >= 15 is 0 Å². The standard InChI is InChI=1S/C33H32F3NO3/c1-39-32(38)29-17-13-26(14-18-29)21-37-22-31(28-5-3-2-4-6-28)40-23-27-11-9-24(10-12-27)7-8-25-15-19-30(20-16-25)33(34,35)36/h2-6,9-20,31,37H,7-8,21-23H2,1H3/t31-/m0/s1. The van der Waals surface area contributed by atoms with E-state index in [1.54, 1.807) is 24.3 Å². The minimum absolute atomic E-state index is 0.158. The minimum Gasteiger partial charge on any atom is -0.465 e. The minimum atomic E-state index is -4.31. The van der Waals surface area contributed by atoms with Crippen molar-refractivity contribution in [2.45, 2.75) is 38.3 Å². The van der Waals surface area contributed by atoms with E-state index in [1.807, 2.05) is 66.7 Å². The molecule has 0 radical (unpaired) electrons. The summed E-state index contributed by atoms with van der Waals surface area (Å²) in [5.41, 5.74) is 5.04. The molecular weight excluding hydrogens is 515 g/mol. The van der Waals surface area contributed by atoms with Gasteiger partial charge in [0, 0.05) is 13.1 Å². The van der Waals surface area contributed by atoms with Crippen LogP contribution in [0.5, 0.6) is 0 Å². The molecule has 1 N–H and O–H groups in total. The molecule has 4 nitrogen and oxygen atoms in total. The Morgan fingerprint density at radius 1 is 0.750 bits per heavy atom. The molecule has 1 atom stereocenters. The van der Waals surface area contributed by atoms with Crippen LogP contribution in [0.15, 0.2) is 103 Å². The van der Waals surface area contributed by atoms with Crippen molar-refractivity contribution in [2.75, 3.05) is 13.7 Å². The van der Waals surface area contributed by atoms with Crippen LogP contribution in [0.4, 0.5) is 13.2 Å². The molecule has 0 aliphatic heterocycles. The molecule has 208 valence electrons. The second-order valence-electron chi connectivity index (χ2n) is 9.54. The van der Waals surface area contributed by atoms with Gasteiger partial charge >= 0.3 is 12.1 Å². The predicted octanol–water partition coefficient (Wildman–Crippen LogP) is 7.32. The van der Waals surface area contributed by atoms with Crippen LogP contribution in [0.25, 0.3) is 0 Å². The molecule has 0 bridgehead atoms. The fourth-order valence-corrected chi connectivity index (χ4v) is 4.31. The van der Waals surface area contributed by atoms with E-state index in [1.165, 1.54) is 7.11 Å². The number of carbonyl (C=O) groups excluding carboxylic acids is 1. The molecule has 7 heteroatoms. The van der Waals surface area contributed by atoms with Crippen molar-refractivity contribution in [1.29, 1.82) is 0 Å². The second-order valence-corrected chi connectivity index (χ2v) is 9.54. The number of aryl methyl sites for hydroxylation is 2. The highest BCUT2D eigenvalue weighted by molar-refractivity contribution is 5.89. The van der Waals surface area contributed by atoms with Gasteiger partial charge in [-0.3, -0.25) is 0 Å². The summed E-state index contributed by atoms with van der Waals surface area (Å²) in [5, 5.41) is 3.45. The van der Waals surface area contributed by atoms with Gasteiger partial charge in [0.25, 0.3) is 0 Å². The average Bonchev–Trinajstić information content (AvgIpc) is 2.98. The normalized spacial score (nSPS) is 12.2. The Balaban J connectivity index is 1.29. The number of hydrogen-bond donors (Lipinski definition) is 1. The SMILES string of the molecule is COC(=O)c1ccc(CNC[C@H](OCc2ccc(CCc3ccc(C(F)(F)F)cc3)cc2)c2ccccc2)cc1. The largest absolute Gasteiger partial charge is 0.465 e. The van der Waals surface area contributed by atoms with Crippen molar-refractivity contribution in [3.05, 3.63) is 142 Å². The first-order valence-corrected chi connectivity index (χ1v) is 13.1. The summed E-state index contributed by atoms with van der Waals surface area (Å²) in [6, 6.07) is 30.8. The number of esters is 1. The zero-order valence-electron chi connectivity index (χ0n) is 22.3. The van der Waals surface area contributed by atoms with Crippen molar-refractivity contribution >= 4 is 5.97 Å². The molecule has 0 saturated heterocycles. The van der Waals surface area contributed by atoms with Crippen LogP contribution >= 0.6 is 0 Å². The molecule has 4 rings (SSSR count). The molecule has 4 aromatic carbocycles. The number of hydrogen-bond acceptors (Lipinski definition) is 4. The first-order chi connectivity index (χ1) is 19.3. The number of carbonyl (C=O) groups is 1. The van der Waals surface area contributed by atoms with Gasteiger partial charge in [-0.15, -0.1) is 0 Å². The van der Waals surface area contributed by atoms with E-state index in [2.05, 4.69) is 5.32 Å². The van der Waals surface area contributed by atoms with Crippen LogP contribution in [-0.4, -0.2) is 19.6 Å². The van der Waals surface area contributed by atoms with Crippen molar-refractivity contribution < 1.29 is 27.4 Å². The topological polar surface area (TPSA) is 47.6 Å². The van der Waals surface area contributed by atoms with Gasteiger partial charge < -0.3 is 14.8 Å². The lowest BCUT2D eigenvalue weighted by atomic mass is 10.0. The Kier molecular flexibility index (Phi) is 10.1. The Morgan fingerprint density at radius 3 is 1.88 bits per heavy atom. The third-order valence-corrected chi connectivity index (χ3v) is 6.66. The highest BCUT2D eigenvalue weighted by atomic mass is 19.4. The van der Waals surface area contributed by atoms with Crippen LogP contribution in [0.3, 0.4) is 0 Å². The zero-order valence-corrected chi connectivity index (χ0v) is 22.3. The van der Waals surface area contributed by atoms with Crippen molar-refractivity contribution in [1.82, 2.24) is 5.32 Å². The lowest BCUT2D eigenvalue weighted by molar-refractivity contribution is -0.137. The van der Waals surface area contributed by atoms with E-state index in [4.69, 9.17) is 9.47 Å². The Morgan fingerprint density at radius 2 is 1.30 bits per heavy atom. The molecule has 0 heterocycles. The predicted molar refractivity (Wildman–Crippen MR) is 149 cm³/mol. The molecule has 0 spiro atoms. The maximum Gasteiger partial charge on any atom is 0.416 e. The van der Waals surface area contributed by atoms with Crippen LogP contribution in [-0.2, 0) is 41.6 Å². The molecule has 4 aromatic rings. The van der Waals surface area contributed by atoms with E-state index in [0.29, 0.717) is 31.7 Å². The highest BCUT2D eigenvalue weighted by Crippen LogP contribution is 2.29. The number of methoxy groups -OCH3 is 1. The molecule has 0 aromatic heterocycles. The third kappa shape index (κ3) is 8.53. The number of rotatable bonds is 12. The second kappa shape index (κ2) is 13.9. The van der Waals surface area contributed by atoms with Gasteiger partial charge in [-0.25, -0.2) is 4.79 Å². The molecule has 0 fully saturated rings. The van der Waals surface area contributed by atoms with Gasteiger partial charge in [-0.2, -0.15) is 13.2 Å². The van der Waals surface area contributed by atoms with Crippen molar-refractivity contribution in [3.8, 4) is 0 Å². The van der Waals surface area contributed by atoms with Gasteiger partial charge in [0.15, 0.2) is 0 Å². The monoisotopic (exact) mass is 547 g/mol. The number of halogens is 3. The summed E-state index contributed by atoms with van der Waals surface area (Å²) in [7, 11) is 1.36. The summed E-state index contributed by atoms with van der Waals surface area (Å²) >= 11 is 0. The maximum atomic E-state index is 12.8. The highest BCUT2D eigenvalue weighted by Gasteiger charge is 2.29. The smallest absolute Gasteiger partial charge is 0.416 e. The fourth-order valence-electron chi connectivity index (χ4n) is 4.31. The lowest BCUT2D eigenvalue weighted by Crippen LogP contribution is -2.23. The van der Waals surface area contributed by atoms with Gasteiger partial charge in [0.2, 0.25) is 0 Å². The first kappa shape index (κ1) is 29.1. The molecule has 0 aliphatic rings. The van der Waals surface area contributed by atoms with Gasteiger partial charge in [0.1, 0.15) is 0 Å². The quantitative estimate of drug-likeness (QED) is 0.189. The molecule has 40 heavy (non-hydrogen) atoms. The number of ether oxygens (including phenoxy) is 2. The summed E-state index contributed by atoms with van der Waals surface area (Å²) in [5.74, 6) is -0.357. The van der Waals surface area contributed by atoms with E-state index in [9.17, 15) is 18.0 Å². The summed E-state index contributed by atoms with van der Waals surface area (Å²) in [4.78, 5) is 11.6. The van der Waals surface area contributed by atoms with Crippen molar-refractivity contribution in [3.63, 3.8) is 0 Å². The third-order valence-electron chi connectivity index (χ3n) is 6.66. The van der Waals surface area contributed by atoms with E-state index in [0.717, 1.165) is 46.4 Å².